The smallest absolute Gasteiger partial charge is 0.369 e. The standard InChI is InChI=1S/C16H23F3N2/c1-11-5-6-12(9-13(11)16(17,18)19)21-8-7-20-14(10-21)15(2,3)4/h5-6,9,14,20H,7-8,10H2,1-4H3. The number of anilines is 1. The van der Waals surface area contributed by atoms with Crippen LogP contribution in [0.5, 0.6) is 0 Å². The molecule has 1 heterocycles. The fourth-order valence-corrected chi connectivity index (χ4v) is 2.68. The molecule has 21 heavy (non-hydrogen) atoms. The highest BCUT2D eigenvalue weighted by atomic mass is 19.4. The average Bonchev–Trinajstić information content (AvgIpc) is 2.37. The number of nitrogens with zero attached hydrogens (tertiary/aromatic N) is 1. The van der Waals surface area contributed by atoms with Crippen molar-refractivity contribution in [2.24, 2.45) is 5.41 Å². The molecule has 1 aromatic carbocycles. The summed E-state index contributed by atoms with van der Waals surface area (Å²) < 4.78 is 39.1. The average molecular weight is 300 g/mol. The molecule has 0 radical (unpaired) electrons. The molecule has 0 aliphatic carbocycles. The second-order valence-corrected chi connectivity index (χ2v) is 6.82. The van der Waals surface area contributed by atoms with E-state index >= 15 is 0 Å². The number of alkyl halides is 3. The summed E-state index contributed by atoms with van der Waals surface area (Å²) in [6.45, 7) is 10.2. The summed E-state index contributed by atoms with van der Waals surface area (Å²) >= 11 is 0. The van der Waals surface area contributed by atoms with E-state index in [-0.39, 0.29) is 17.0 Å². The molecule has 0 bridgehead atoms. The Balaban J connectivity index is 2.26. The molecule has 1 fully saturated rings. The largest absolute Gasteiger partial charge is 0.416 e. The van der Waals surface area contributed by atoms with Crippen molar-refractivity contribution in [1.82, 2.24) is 5.32 Å². The van der Waals surface area contributed by atoms with Gasteiger partial charge in [0.05, 0.1) is 5.56 Å². The Bertz CT molecular complexity index is 503. The summed E-state index contributed by atoms with van der Waals surface area (Å²) in [6.07, 6.45) is -4.29. The predicted molar refractivity (Wildman–Crippen MR) is 79.6 cm³/mol. The summed E-state index contributed by atoms with van der Waals surface area (Å²) in [5, 5.41) is 3.45. The number of rotatable bonds is 1. The molecular weight excluding hydrogens is 277 g/mol. The molecule has 2 rings (SSSR count). The van der Waals surface area contributed by atoms with Gasteiger partial charge >= 0.3 is 6.18 Å². The molecule has 0 aromatic heterocycles. The molecule has 1 aliphatic heterocycles. The number of hydrogen-bond donors (Lipinski definition) is 1. The minimum absolute atomic E-state index is 0.0796. The maximum atomic E-state index is 13.0. The highest BCUT2D eigenvalue weighted by molar-refractivity contribution is 5.52. The van der Waals surface area contributed by atoms with Gasteiger partial charge in [-0.1, -0.05) is 26.8 Å². The van der Waals surface area contributed by atoms with E-state index in [9.17, 15) is 13.2 Å². The molecule has 0 spiro atoms. The Morgan fingerprint density at radius 2 is 1.86 bits per heavy atom. The molecule has 1 unspecified atom stereocenters. The third-order valence-electron chi connectivity index (χ3n) is 4.11. The SMILES string of the molecule is Cc1ccc(N2CCNC(C(C)(C)C)C2)cc1C(F)(F)F. The summed E-state index contributed by atoms with van der Waals surface area (Å²) in [6, 6.07) is 4.89. The highest BCUT2D eigenvalue weighted by Crippen LogP contribution is 2.35. The third-order valence-corrected chi connectivity index (χ3v) is 4.11. The number of halogens is 3. The molecule has 1 aromatic rings. The molecule has 0 amide bonds. The first kappa shape index (κ1) is 16.1. The van der Waals surface area contributed by atoms with E-state index in [4.69, 9.17) is 0 Å². The molecule has 118 valence electrons. The fraction of sp³-hybridized carbons (Fsp3) is 0.625. The lowest BCUT2D eigenvalue weighted by atomic mass is 9.85. The Kier molecular flexibility index (Phi) is 4.24. The van der Waals surface area contributed by atoms with Crippen molar-refractivity contribution in [2.75, 3.05) is 24.5 Å². The summed E-state index contributed by atoms with van der Waals surface area (Å²) in [5.74, 6) is 0. The van der Waals surface area contributed by atoms with Gasteiger partial charge in [-0.05, 0) is 30.0 Å². The van der Waals surface area contributed by atoms with E-state index in [0.717, 1.165) is 19.6 Å². The molecule has 1 atom stereocenters. The number of aryl methyl sites for hydroxylation is 1. The predicted octanol–water partition coefficient (Wildman–Crippen LogP) is 3.84. The first-order chi connectivity index (χ1) is 9.59. The Morgan fingerprint density at radius 1 is 1.19 bits per heavy atom. The van der Waals surface area contributed by atoms with E-state index < -0.39 is 11.7 Å². The second-order valence-electron chi connectivity index (χ2n) is 6.82. The highest BCUT2D eigenvalue weighted by Gasteiger charge is 2.34. The van der Waals surface area contributed by atoms with Crippen molar-refractivity contribution in [2.45, 2.75) is 39.9 Å². The van der Waals surface area contributed by atoms with Crippen LogP contribution in [0.25, 0.3) is 0 Å². The first-order valence-electron chi connectivity index (χ1n) is 7.25. The van der Waals surface area contributed by atoms with Crippen LogP contribution in [0.4, 0.5) is 18.9 Å². The maximum absolute atomic E-state index is 13.0. The first-order valence-corrected chi connectivity index (χ1v) is 7.25. The van der Waals surface area contributed by atoms with Gasteiger partial charge in [0, 0.05) is 31.4 Å². The van der Waals surface area contributed by atoms with Crippen LogP contribution in [0, 0.1) is 12.3 Å². The lowest BCUT2D eigenvalue weighted by Gasteiger charge is -2.41. The van der Waals surface area contributed by atoms with Crippen molar-refractivity contribution in [3.63, 3.8) is 0 Å². The Labute approximate surface area is 124 Å². The quantitative estimate of drug-likeness (QED) is 0.848. The fourth-order valence-electron chi connectivity index (χ4n) is 2.68. The summed E-state index contributed by atoms with van der Waals surface area (Å²) in [4.78, 5) is 2.04. The van der Waals surface area contributed by atoms with E-state index in [1.807, 2.05) is 4.90 Å². The van der Waals surface area contributed by atoms with Gasteiger partial charge in [0.25, 0.3) is 0 Å². The maximum Gasteiger partial charge on any atom is 0.416 e. The van der Waals surface area contributed by atoms with Crippen molar-refractivity contribution < 1.29 is 13.2 Å². The van der Waals surface area contributed by atoms with Gasteiger partial charge < -0.3 is 10.2 Å². The zero-order chi connectivity index (χ0) is 15.8. The lowest BCUT2D eigenvalue weighted by Crippen LogP contribution is -2.56. The summed E-state index contributed by atoms with van der Waals surface area (Å²) in [7, 11) is 0. The van der Waals surface area contributed by atoms with Crippen LogP contribution in [-0.2, 0) is 6.18 Å². The number of hydrogen-bond acceptors (Lipinski definition) is 2. The van der Waals surface area contributed by atoms with Crippen LogP contribution < -0.4 is 10.2 Å². The Hall–Kier alpha value is -1.23. The number of benzene rings is 1. The zero-order valence-corrected chi connectivity index (χ0v) is 13.0. The van der Waals surface area contributed by atoms with Crippen molar-refractivity contribution >= 4 is 5.69 Å². The molecule has 2 nitrogen and oxygen atoms in total. The van der Waals surface area contributed by atoms with Crippen LogP contribution in [-0.4, -0.2) is 25.7 Å². The topological polar surface area (TPSA) is 15.3 Å². The van der Waals surface area contributed by atoms with Crippen LogP contribution in [0.15, 0.2) is 18.2 Å². The molecule has 1 aliphatic rings. The monoisotopic (exact) mass is 300 g/mol. The number of piperazine rings is 1. The zero-order valence-electron chi connectivity index (χ0n) is 13.0. The minimum Gasteiger partial charge on any atom is -0.369 e. The molecule has 1 saturated heterocycles. The van der Waals surface area contributed by atoms with E-state index in [1.54, 1.807) is 12.1 Å². The van der Waals surface area contributed by atoms with Gasteiger partial charge in [-0.2, -0.15) is 13.2 Å². The molecule has 5 heteroatoms. The van der Waals surface area contributed by atoms with Crippen LogP contribution >= 0.6 is 0 Å². The van der Waals surface area contributed by atoms with Crippen LogP contribution in [0.2, 0.25) is 0 Å². The lowest BCUT2D eigenvalue weighted by molar-refractivity contribution is -0.138. The van der Waals surface area contributed by atoms with E-state index in [0.29, 0.717) is 5.69 Å². The minimum atomic E-state index is -4.29. The number of nitrogens with one attached hydrogen (secondary N) is 1. The summed E-state index contributed by atoms with van der Waals surface area (Å²) in [5.41, 5.74) is 0.472. The second kappa shape index (κ2) is 5.52. The van der Waals surface area contributed by atoms with Gasteiger partial charge in [-0.25, -0.2) is 0 Å². The van der Waals surface area contributed by atoms with E-state index in [2.05, 4.69) is 26.1 Å². The third kappa shape index (κ3) is 3.70. The van der Waals surface area contributed by atoms with Gasteiger partial charge in [0.15, 0.2) is 0 Å². The van der Waals surface area contributed by atoms with Crippen molar-refractivity contribution in [1.29, 1.82) is 0 Å². The van der Waals surface area contributed by atoms with Gasteiger partial charge in [-0.15, -0.1) is 0 Å². The van der Waals surface area contributed by atoms with Gasteiger partial charge in [0.2, 0.25) is 0 Å². The normalized spacial score (nSPS) is 20.7. The Morgan fingerprint density at radius 3 is 2.43 bits per heavy atom. The van der Waals surface area contributed by atoms with Crippen molar-refractivity contribution in [3.8, 4) is 0 Å². The molecule has 0 saturated carbocycles. The van der Waals surface area contributed by atoms with Crippen LogP contribution in [0.3, 0.4) is 0 Å². The van der Waals surface area contributed by atoms with Gasteiger partial charge in [-0.3, -0.25) is 0 Å². The van der Waals surface area contributed by atoms with E-state index in [1.165, 1.54) is 13.0 Å². The van der Waals surface area contributed by atoms with Crippen LogP contribution in [0.1, 0.15) is 31.9 Å². The molecular formula is C16H23F3N2. The molecule has 1 N–H and O–H groups in total. The van der Waals surface area contributed by atoms with Gasteiger partial charge in [0.1, 0.15) is 0 Å². The van der Waals surface area contributed by atoms with Crippen molar-refractivity contribution in [3.05, 3.63) is 29.3 Å².